The summed E-state index contributed by atoms with van der Waals surface area (Å²) in [4.78, 5) is 30.9. The number of benzene rings is 4. The molecule has 0 radical (unpaired) electrons. The van der Waals surface area contributed by atoms with E-state index in [9.17, 15) is 0 Å². The van der Waals surface area contributed by atoms with Crippen molar-refractivity contribution < 1.29 is 0 Å². The van der Waals surface area contributed by atoms with Gasteiger partial charge in [-0.15, -0.1) is 0 Å². The van der Waals surface area contributed by atoms with Gasteiger partial charge in [0.1, 0.15) is 22.6 Å². The fourth-order valence-corrected chi connectivity index (χ4v) is 7.35. The molecule has 0 aliphatic carbocycles. The zero-order valence-electron chi connectivity index (χ0n) is 21.3. The van der Waals surface area contributed by atoms with Gasteiger partial charge < -0.3 is 0 Å². The van der Waals surface area contributed by atoms with Crippen LogP contribution in [0.4, 0.5) is 11.6 Å². The lowest BCUT2D eigenvalue weighted by molar-refractivity contribution is 1.03. The SMILES string of the molecule is c1ccc2c(c1)C1=NC2=Nc2c3ccccc3c3n2Pn2c(c4ccccc4c2=NC2=NC(=N3)c3ccccc32)=N1. The summed E-state index contributed by atoms with van der Waals surface area (Å²) in [6, 6.07) is 33.0. The summed E-state index contributed by atoms with van der Waals surface area (Å²) in [5.41, 5.74) is 5.49. The van der Waals surface area contributed by atoms with Crippen LogP contribution in [-0.2, 0) is 0 Å². The number of aliphatic imine (C=N–C) groups is 4. The van der Waals surface area contributed by atoms with E-state index < -0.39 is 0 Å². The number of nitrogens with zero attached hydrogens (tertiary/aromatic N) is 8. The Labute approximate surface area is 234 Å². The van der Waals surface area contributed by atoms with Crippen molar-refractivity contribution >= 4 is 65.4 Å². The molecule has 10 rings (SSSR count). The smallest absolute Gasteiger partial charge is 0.164 e. The molecular formula is C32H17N8P. The van der Waals surface area contributed by atoms with Crippen LogP contribution < -0.4 is 11.0 Å². The highest BCUT2D eigenvalue weighted by atomic mass is 31.1. The number of fused-ring (bicyclic) bond motifs is 14. The second-order valence-electron chi connectivity index (χ2n) is 10.2. The maximum atomic E-state index is 5.23. The molecule has 9 heteroatoms. The van der Waals surface area contributed by atoms with Crippen molar-refractivity contribution in [1.29, 1.82) is 0 Å². The Morgan fingerprint density at radius 1 is 0.366 bits per heavy atom. The highest BCUT2D eigenvalue weighted by Crippen LogP contribution is 2.45. The van der Waals surface area contributed by atoms with E-state index in [1.54, 1.807) is 0 Å². The number of amidine groups is 4. The van der Waals surface area contributed by atoms with Gasteiger partial charge >= 0.3 is 0 Å². The Bertz CT molecular complexity index is 2290. The highest BCUT2D eigenvalue weighted by molar-refractivity contribution is 7.35. The van der Waals surface area contributed by atoms with Gasteiger partial charge in [0.15, 0.2) is 23.3 Å². The molecular weight excluding hydrogens is 527 g/mol. The van der Waals surface area contributed by atoms with Crippen LogP contribution in [0.3, 0.4) is 0 Å². The summed E-state index contributed by atoms with van der Waals surface area (Å²) in [5, 5.41) is 4.04. The van der Waals surface area contributed by atoms with Crippen LogP contribution in [0.1, 0.15) is 22.3 Å². The van der Waals surface area contributed by atoms with Crippen molar-refractivity contribution in [2.75, 3.05) is 0 Å². The van der Waals surface area contributed by atoms with Crippen molar-refractivity contribution in [2.24, 2.45) is 30.0 Å². The fraction of sp³-hybridized carbons (Fsp3) is 0. The van der Waals surface area contributed by atoms with E-state index in [-0.39, 0.29) is 8.88 Å². The lowest BCUT2D eigenvalue weighted by atomic mass is 10.1. The molecule has 6 heterocycles. The molecule has 1 atom stereocenters. The van der Waals surface area contributed by atoms with E-state index in [2.05, 4.69) is 57.2 Å². The minimum absolute atomic E-state index is 0.0691. The lowest BCUT2D eigenvalue weighted by Crippen LogP contribution is -2.25. The van der Waals surface area contributed by atoms with E-state index in [1.165, 1.54) is 0 Å². The summed E-state index contributed by atoms with van der Waals surface area (Å²) in [6.45, 7) is 0. The molecule has 4 aliphatic heterocycles. The first-order chi connectivity index (χ1) is 20.3. The fourth-order valence-electron chi connectivity index (χ4n) is 6.09. The third-order valence-corrected chi connectivity index (χ3v) is 9.20. The van der Waals surface area contributed by atoms with Crippen LogP contribution in [-0.4, -0.2) is 32.0 Å². The first-order valence-corrected chi connectivity index (χ1v) is 14.2. The third-order valence-electron chi connectivity index (χ3n) is 7.95. The largest absolute Gasteiger partial charge is 0.271 e. The zero-order valence-corrected chi connectivity index (χ0v) is 22.3. The lowest BCUT2D eigenvalue weighted by Gasteiger charge is -2.12. The maximum absolute atomic E-state index is 5.23. The predicted octanol–water partition coefficient (Wildman–Crippen LogP) is 5.44. The average Bonchev–Trinajstić information content (AvgIpc) is 3.72. The summed E-state index contributed by atoms with van der Waals surface area (Å²) >= 11 is 0. The zero-order chi connectivity index (χ0) is 26.7. The Kier molecular flexibility index (Phi) is 4.01. The van der Waals surface area contributed by atoms with Crippen LogP contribution in [0.2, 0.25) is 0 Å². The molecule has 0 amide bonds. The van der Waals surface area contributed by atoms with Crippen LogP contribution in [0.15, 0.2) is 127 Å². The van der Waals surface area contributed by atoms with Crippen LogP contribution in [0, 0.1) is 0 Å². The summed E-state index contributed by atoms with van der Waals surface area (Å²) in [7, 11) is 0.0691. The molecule has 0 fully saturated rings. The van der Waals surface area contributed by atoms with Gasteiger partial charge in [-0.3, -0.25) is 8.68 Å². The van der Waals surface area contributed by atoms with Gasteiger partial charge in [0.25, 0.3) is 0 Å². The Balaban J connectivity index is 1.48. The van der Waals surface area contributed by atoms with Gasteiger partial charge in [-0.1, -0.05) is 97.1 Å². The summed E-state index contributed by atoms with van der Waals surface area (Å²) in [5.74, 6) is 4.23. The van der Waals surface area contributed by atoms with Crippen molar-refractivity contribution in [3.8, 4) is 0 Å². The second kappa shape index (κ2) is 7.65. The highest BCUT2D eigenvalue weighted by Gasteiger charge is 2.29. The van der Waals surface area contributed by atoms with Gasteiger partial charge in [-0.2, -0.15) is 0 Å². The minimum atomic E-state index is 0.0691. The Morgan fingerprint density at radius 2 is 0.732 bits per heavy atom. The molecule has 4 aromatic carbocycles. The maximum Gasteiger partial charge on any atom is 0.164 e. The second-order valence-corrected chi connectivity index (χ2v) is 11.3. The monoisotopic (exact) mass is 544 g/mol. The number of hydrogen-bond acceptors (Lipinski definition) is 6. The van der Waals surface area contributed by atoms with E-state index >= 15 is 0 Å². The molecule has 2 aromatic heterocycles. The molecule has 4 aliphatic rings. The molecule has 8 nitrogen and oxygen atoms in total. The summed E-state index contributed by atoms with van der Waals surface area (Å²) in [6.07, 6.45) is 0. The first kappa shape index (κ1) is 21.5. The van der Waals surface area contributed by atoms with E-state index in [0.717, 1.165) is 66.4 Å². The van der Waals surface area contributed by atoms with E-state index in [0.29, 0.717) is 23.3 Å². The van der Waals surface area contributed by atoms with Crippen molar-refractivity contribution in [2.45, 2.75) is 0 Å². The molecule has 41 heavy (non-hydrogen) atoms. The van der Waals surface area contributed by atoms with Crippen molar-refractivity contribution in [1.82, 2.24) is 8.68 Å². The molecule has 1 unspecified atom stereocenters. The third kappa shape index (κ3) is 2.81. The van der Waals surface area contributed by atoms with Gasteiger partial charge in [0.2, 0.25) is 0 Å². The van der Waals surface area contributed by atoms with Gasteiger partial charge in [-0.25, -0.2) is 30.0 Å². The van der Waals surface area contributed by atoms with Gasteiger partial charge in [0.05, 0.1) is 8.88 Å². The molecule has 0 N–H and O–H groups in total. The Hall–Kier alpha value is -5.33. The minimum Gasteiger partial charge on any atom is -0.271 e. The van der Waals surface area contributed by atoms with Crippen molar-refractivity contribution in [3.63, 3.8) is 0 Å². The Morgan fingerprint density at radius 3 is 1.17 bits per heavy atom. The van der Waals surface area contributed by atoms with E-state index in [4.69, 9.17) is 30.0 Å². The molecule has 6 aromatic rings. The number of rotatable bonds is 0. The van der Waals surface area contributed by atoms with E-state index in [1.807, 2.05) is 48.5 Å². The van der Waals surface area contributed by atoms with Crippen LogP contribution in [0.5, 0.6) is 0 Å². The predicted molar refractivity (Wildman–Crippen MR) is 164 cm³/mol. The number of aromatic nitrogens is 2. The molecule has 0 spiro atoms. The quantitative estimate of drug-likeness (QED) is 0.228. The van der Waals surface area contributed by atoms with Crippen molar-refractivity contribution in [3.05, 3.63) is 130 Å². The first-order valence-electron chi connectivity index (χ1n) is 13.3. The molecule has 6 bridgehead atoms. The standard InChI is InChI=1S/C32H17N8P/c1-2-10-18-17(9-1)25-33-26(18)36-30-23-15-7-8-16-24(23)32-38-28-20-12-4-3-11-19(20)27(34-28)37-31-22-14-6-5-13-21(22)29(35-25)39(31)41-40(30)32/h1-16,41H. The average molecular weight is 545 g/mol. The van der Waals surface area contributed by atoms with Gasteiger partial charge in [-0.05, 0) is 0 Å². The molecule has 0 saturated carbocycles. The topological polar surface area (TPSA) is 84.0 Å². The molecule has 0 saturated heterocycles. The normalized spacial score (nSPS) is 16.3. The van der Waals surface area contributed by atoms with Crippen LogP contribution >= 0.6 is 8.88 Å². The van der Waals surface area contributed by atoms with Crippen LogP contribution in [0.25, 0.3) is 21.5 Å². The summed E-state index contributed by atoms with van der Waals surface area (Å²) < 4.78 is 4.37. The number of hydrogen-bond donors (Lipinski definition) is 0. The molecule has 190 valence electrons. The van der Waals surface area contributed by atoms with Gasteiger partial charge in [0, 0.05) is 43.8 Å².